The van der Waals surface area contributed by atoms with Crippen molar-refractivity contribution >= 4 is 14.3 Å². The Balaban J connectivity index is 2.75. The van der Waals surface area contributed by atoms with Gasteiger partial charge in [-0.05, 0) is 75.0 Å². The van der Waals surface area contributed by atoms with Crippen molar-refractivity contribution in [2.75, 3.05) is 0 Å². The summed E-state index contributed by atoms with van der Waals surface area (Å²) in [7, 11) is -2.03. The highest BCUT2D eigenvalue weighted by Crippen LogP contribution is 2.55. The summed E-state index contributed by atoms with van der Waals surface area (Å²) in [5.41, 5.74) is 1.41. The Kier molecular flexibility index (Phi) is 9.23. The van der Waals surface area contributed by atoms with E-state index in [9.17, 15) is 9.90 Å². The first-order chi connectivity index (χ1) is 15.8. The Hall–Kier alpha value is -1.21. The van der Waals surface area contributed by atoms with E-state index in [1.807, 2.05) is 19.9 Å². The quantitative estimate of drug-likeness (QED) is 0.149. The minimum absolute atomic E-state index is 0.0245. The van der Waals surface area contributed by atoms with Gasteiger partial charge in [0.1, 0.15) is 5.60 Å². The van der Waals surface area contributed by atoms with Crippen molar-refractivity contribution in [3.63, 3.8) is 0 Å². The van der Waals surface area contributed by atoms with Crippen LogP contribution in [0.25, 0.3) is 0 Å². The second-order valence-corrected chi connectivity index (χ2v) is 15.5. The Morgan fingerprint density at radius 3 is 2.00 bits per heavy atom. The Labute approximate surface area is 208 Å². The number of allylic oxidation sites excluding steroid dienone is 2. The molecule has 1 N–H and O–H groups in total. The highest BCUT2D eigenvalue weighted by molar-refractivity contribution is 6.73. The first-order valence-electron chi connectivity index (χ1n) is 13.2. The zero-order chi connectivity index (χ0) is 25.9. The molecule has 0 radical (unpaired) electrons. The first kappa shape index (κ1) is 29.0. The lowest BCUT2D eigenvalue weighted by Gasteiger charge is -2.55. The van der Waals surface area contributed by atoms with Crippen LogP contribution < -0.4 is 0 Å². The molecule has 3 unspecified atom stereocenters. The molecule has 1 aliphatic carbocycles. The number of carbonyl (C=O) groups is 1. The van der Waals surface area contributed by atoms with Crippen molar-refractivity contribution in [1.82, 2.24) is 0 Å². The maximum atomic E-state index is 11.9. The summed E-state index contributed by atoms with van der Waals surface area (Å²) < 4.78 is 20.2. The number of carboxylic acid groups (broad SMARTS) is 1. The van der Waals surface area contributed by atoms with Crippen LogP contribution >= 0.6 is 0 Å². The Bertz CT molecular complexity index is 817. The number of rotatable bonds is 10. The molecule has 0 bridgehead atoms. The third kappa shape index (κ3) is 5.30. The van der Waals surface area contributed by atoms with Gasteiger partial charge in [0.15, 0.2) is 14.1 Å². The monoisotopic (exact) mass is 492 g/mol. The van der Waals surface area contributed by atoms with Gasteiger partial charge in [-0.3, -0.25) is 0 Å². The maximum Gasteiger partial charge on any atom is 0.331 e. The van der Waals surface area contributed by atoms with Crippen LogP contribution in [-0.2, 0) is 18.7 Å². The number of aliphatic carboxylic acids is 1. The lowest BCUT2D eigenvalue weighted by molar-refractivity contribution is -0.181. The zero-order valence-electron chi connectivity index (χ0n) is 23.2. The highest BCUT2D eigenvalue weighted by Gasteiger charge is 2.59. The molecule has 1 fully saturated rings. The fourth-order valence-corrected chi connectivity index (χ4v) is 8.97. The molecule has 34 heavy (non-hydrogen) atoms. The van der Waals surface area contributed by atoms with Gasteiger partial charge in [0.2, 0.25) is 0 Å². The molecule has 6 heteroatoms. The third-order valence-corrected chi connectivity index (χ3v) is 13.0. The summed E-state index contributed by atoms with van der Waals surface area (Å²) in [6.07, 6.45) is 8.19. The topological polar surface area (TPSA) is 65.0 Å². The summed E-state index contributed by atoms with van der Waals surface area (Å²) in [4.78, 5) is 11.9. The van der Waals surface area contributed by atoms with Gasteiger partial charge < -0.3 is 19.0 Å². The van der Waals surface area contributed by atoms with Gasteiger partial charge in [-0.2, -0.15) is 0 Å². The summed E-state index contributed by atoms with van der Waals surface area (Å²) in [6, 6.07) is 3.12. The SMILES string of the molecule is CCC(C=CC1(O[Si](CC)(CC)CC)C(C)=CC2(CC1(C)C)OC(C)C(C)O2)=C(CC)C(=O)O. The Morgan fingerprint density at radius 1 is 1.09 bits per heavy atom. The predicted molar refractivity (Wildman–Crippen MR) is 141 cm³/mol. The van der Waals surface area contributed by atoms with Crippen LogP contribution in [0.3, 0.4) is 0 Å². The number of carboxylic acids is 1. The molecule has 3 atom stereocenters. The molecule has 0 saturated carbocycles. The molecule has 0 amide bonds. The van der Waals surface area contributed by atoms with Crippen molar-refractivity contribution in [1.29, 1.82) is 0 Å². The first-order valence-corrected chi connectivity index (χ1v) is 15.7. The summed E-state index contributed by atoms with van der Waals surface area (Å²) in [5.74, 6) is -1.59. The molecule has 5 nitrogen and oxygen atoms in total. The van der Waals surface area contributed by atoms with E-state index >= 15 is 0 Å². The van der Waals surface area contributed by atoms with Crippen molar-refractivity contribution < 1.29 is 23.8 Å². The van der Waals surface area contributed by atoms with E-state index in [4.69, 9.17) is 13.9 Å². The molecule has 194 valence electrons. The number of hydrogen-bond donors (Lipinski definition) is 1. The minimum Gasteiger partial charge on any atom is -0.478 e. The lowest BCUT2D eigenvalue weighted by atomic mass is 9.63. The van der Waals surface area contributed by atoms with Crippen LogP contribution in [-0.4, -0.2) is 43.0 Å². The molecule has 0 aromatic carbocycles. The zero-order valence-corrected chi connectivity index (χ0v) is 24.2. The van der Waals surface area contributed by atoms with Gasteiger partial charge in [0.25, 0.3) is 0 Å². The summed E-state index contributed by atoms with van der Waals surface area (Å²) in [5, 5.41) is 9.76. The normalized spacial score (nSPS) is 32.2. The predicted octanol–water partition coefficient (Wildman–Crippen LogP) is 7.40. The lowest BCUT2D eigenvalue weighted by Crippen LogP contribution is -2.59. The van der Waals surface area contributed by atoms with E-state index in [0.29, 0.717) is 24.8 Å². The van der Waals surface area contributed by atoms with Crippen LogP contribution in [0.4, 0.5) is 0 Å². The molecular weight excluding hydrogens is 444 g/mol. The molecule has 0 aromatic heterocycles. The van der Waals surface area contributed by atoms with Crippen LogP contribution in [0, 0.1) is 5.41 Å². The maximum absolute atomic E-state index is 11.9. The van der Waals surface area contributed by atoms with Crippen molar-refractivity contribution in [3.05, 3.63) is 34.9 Å². The second-order valence-electron chi connectivity index (χ2n) is 10.8. The van der Waals surface area contributed by atoms with Gasteiger partial charge in [-0.25, -0.2) is 4.79 Å². The molecule has 1 aliphatic heterocycles. The van der Waals surface area contributed by atoms with Gasteiger partial charge in [-0.15, -0.1) is 0 Å². The van der Waals surface area contributed by atoms with Crippen LogP contribution in [0.2, 0.25) is 18.1 Å². The van der Waals surface area contributed by atoms with Crippen molar-refractivity contribution in [2.24, 2.45) is 5.41 Å². The van der Waals surface area contributed by atoms with E-state index in [1.165, 1.54) is 0 Å². The average Bonchev–Trinajstić information content (AvgIpc) is 3.03. The summed E-state index contributed by atoms with van der Waals surface area (Å²) >= 11 is 0. The van der Waals surface area contributed by atoms with E-state index in [2.05, 4.69) is 67.5 Å². The molecule has 1 saturated heterocycles. The van der Waals surface area contributed by atoms with Gasteiger partial charge in [0.05, 0.1) is 12.2 Å². The van der Waals surface area contributed by atoms with Crippen LogP contribution in [0.1, 0.15) is 88.5 Å². The third-order valence-electron chi connectivity index (χ3n) is 8.36. The fraction of sp³-hybridized carbons (Fsp3) is 0.750. The molecule has 1 heterocycles. The van der Waals surface area contributed by atoms with E-state index in [0.717, 1.165) is 29.3 Å². The van der Waals surface area contributed by atoms with Crippen LogP contribution in [0.5, 0.6) is 0 Å². The molecule has 0 aromatic rings. The van der Waals surface area contributed by atoms with Gasteiger partial charge in [0, 0.05) is 17.4 Å². The average molecular weight is 493 g/mol. The van der Waals surface area contributed by atoms with E-state index < -0.39 is 25.7 Å². The van der Waals surface area contributed by atoms with E-state index in [-0.39, 0.29) is 17.6 Å². The molecule has 1 spiro atoms. The smallest absolute Gasteiger partial charge is 0.331 e. The highest BCUT2D eigenvalue weighted by atomic mass is 28.4. The van der Waals surface area contributed by atoms with Crippen molar-refractivity contribution in [3.8, 4) is 0 Å². The standard InChI is InChI=1S/C28H48O5Si/c1-11-23(24(12-2)25(29)30)16-17-28(33-34(13-3,14-4)15-5)20(6)18-27(19-26(28,9)10)31-21(7)22(8)32-27/h16-18,21-22H,11-15,19H2,1-10H3,(H,29,30). The summed E-state index contributed by atoms with van der Waals surface area (Å²) in [6.45, 7) is 21.4. The van der Waals surface area contributed by atoms with Gasteiger partial charge >= 0.3 is 5.97 Å². The molecule has 2 aliphatic rings. The minimum atomic E-state index is -2.03. The molecule has 2 rings (SSSR count). The van der Waals surface area contributed by atoms with Crippen molar-refractivity contribution in [2.45, 2.75) is 130 Å². The fourth-order valence-electron chi connectivity index (χ4n) is 5.85. The number of hydrogen-bond acceptors (Lipinski definition) is 4. The number of ether oxygens (including phenoxy) is 2. The van der Waals surface area contributed by atoms with E-state index in [1.54, 1.807) is 0 Å². The Morgan fingerprint density at radius 2 is 1.62 bits per heavy atom. The second kappa shape index (κ2) is 10.8. The molecular formula is C28H48O5Si. The van der Waals surface area contributed by atoms with Gasteiger partial charge in [-0.1, -0.05) is 54.5 Å². The van der Waals surface area contributed by atoms with Crippen LogP contribution in [0.15, 0.2) is 34.9 Å². The largest absolute Gasteiger partial charge is 0.478 e.